The lowest BCUT2D eigenvalue weighted by atomic mass is 10.1. The van der Waals surface area contributed by atoms with Gasteiger partial charge in [0, 0.05) is 13.0 Å². The first-order valence-corrected chi connectivity index (χ1v) is 10.5. The van der Waals surface area contributed by atoms with Crippen molar-refractivity contribution in [2.45, 2.75) is 38.1 Å². The van der Waals surface area contributed by atoms with Crippen LogP contribution >= 0.6 is 0 Å². The number of carbonyl (C=O) groups excluding carboxylic acids is 1. The van der Waals surface area contributed by atoms with Gasteiger partial charge >= 0.3 is 0 Å². The molecule has 5 nitrogen and oxygen atoms in total. The Morgan fingerprint density at radius 2 is 1.81 bits per heavy atom. The molecule has 1 N–H and O–H groups in total. The molecule has 7 heteroatoms. The maximum atomic E-state index is 13.0. The van der Waals surface area contributed by atoms with Crippen LogP contribution in [0.2, 0.25) is 0 Å². The monoisotopic (exact) mass is 422 g/mol. The molecule has 1 aliphatic heterocycles. The third kappa shape index (κ3) is 5.42. The zero-order valence-electron chi connectivity index (χ0n) is 17.1. The molecule has 31 heavy (non-hydrogen) atoms. The Morgan fingerprint density at radius 1 is 1.00 bits per heavy atom. The van der Waals surface area contributed by atoms with Crippen LogP contribution in [0.1, 0.15) is 43.0 Å². The molecule has 0 radical (unpaired) electrons. The molecule has 0 unspecified atom stereocenters. The molecule has 160 valence electrons. The number of hydrogen-bond donors (Lipinski definition) is 1. The van der Waals surface area contributed by atoms with Gasteiger partial charge in [0.2, 0.25) is 5.91 Å². The first kappa shape index (κ1) is 20.9. The highest BCUT2D eigenvalue weighted by molar-refractivity contribution is 5.77. The number of hydrogen-bond acceptors (Lipinski definition) is 4. The highest BCUT2D eigenvalue weighted by atomic mass is 19.1. The SMILES string of the molecule is O=C(CCCc1ccc(F)cc1)N1CCC[C@@H]1c1ccc(Nc2ccc(F)cn2)cn1. The van der Waals surface area contributed by atoms with Gasteiger partial charge in [0.25, 0.3) is 0 Å². The zero-order valence-corrected chi connectivity index (χ0v) is 17.1. The quantitative estimate of drug-likeness (QED) is 0.570. The highest BCUT2D eigenvalue weighted by Crippen LogP contribution is 2.32. The van der Waals surface area contributed by atoms with Crippen molar-refractivity contribution in [2.75, 3.05) is 11.9 Å². The second kappa shape index (κ2) is 9.64. The van der Waals surface area contributed by atoms with E-state index in [1.807, 2.05) is 17.0 Å². The van der Waals surface area contributed by atoms with Gasteiger partial charge in [0.05, 0.1) is 29.8 Å². The van der Waals surface area contributed by atoms with E-state index in [2.05, 4.69) is 15.3 Å². The maximum Gasteiger partial charge on any atom is 0.223 e. The number of anilines is 2. The number of nitrogens with zero attached hydrogens (tertiary/aromatic N) is 3. The third-order valence-corrected chi connectivity index (χ3v) is 5.47. The molecule has 0 aliphatic carbocycles. The van der Waals surface area contributed by atoms with Crippen LogP contribution < -0.4 is 5.32 Å². The van der Waals surface area contributed by atoms with Gasteiger partial charge in [-0.05, 0) is 67.6 Å². The molecule has 4 rings (SSSR count). The summed E-state index contributed by atoms with van der Waals surface area (Å²) in [5.74, 6) is 0.0314. The molecular weight excluding hydrogens is 398 g/mol. The molecule has 3 heterocycles. The van der Waals surface area contributed by atoms with E-state index in [1.165, 1.54) is 18.2 Å². The average Bonchev–Trinajstić information content (AvgIpc) is 3.27. The molecule has 1 aliphatic rings. The minimum Gasteiger partial charge on any atom is -0.339 e. The Morgan fingerprint density at radius 3 is 2.52 bits per heavy atom. The Balaban J connectivity index is 1.33. The lowest BCUT2D eigenvalue weighted by Crippen LogP contribution is -2.30. The second-order valence-corrected chi connectivity index (χ2v) is 7.68. The van der Waals surface area contributed by atoms with Crippen LogP contribution in [-0.2, 0) is 11.2 Å². The van der Waals surface area contributed by atoms with Crippen molar-refractivity contribution in [2.24, 2.45) is 0 Å². The molecule has 2 aromatic heterocycles. The fraction of sp³-hybridized carbons (Fsp3) is 0.292. The topological polar surface area (TPSA) is 58.1 Å². The van der Waals surface area contributed by atoms with Crippen LogP contribution in [0.25, 0.3) is 0 Å². The molecule has 1 atom stereocenters. The lowest BCUT2D eigenvalue weighted by Gasteiger charge is -2.24. The Hall–Kier alpha value is -3.35. The minimum absolute atomic E-state index is 0.0173. The van der Waals surface area contributed by atoms with E-state index in [0.717, 1.165) is 55.4 Å². The van der Waals surface area contributed by atoms with Gasteiger partial charge < -0.3 is 10.2 Å². The fourth-order valence-corrected chi connectivity index (χ4v) is 3.89. The maximum absolute atomic E-state index is 13.0. The molecule has 0 saturated carbocycles. The van der Waals surface area contributed by atoms with Crippen molar-refractivity contribution >= 4 is 17.4 Å². The van der Waals surface area contributed by atoms with E-state index in [1.54, 1.807) is 24.4 Å². The van der Waals surface area contributed by atoms with Gasteiger partial charge in [-0.1, -0.05) is 12.1 Å². The van der Waals surface area contributed by atoms with E-state index >= 15 is 0 Å². The second-order valence-electron chi connectivity index (χ2n) is 7.68. The van der Waals surface area contributed by atoms with Crippen LogP contribution in [-0.4, -0.2) is 27.3 Å². The summed E-state index contributed by atoms with van der Waals surface area (Å²) in [4.78, 5) is 23.2. The van der Waals surface area contributed by atoms with Crippen molar-refractivity contribution < 1.29 is 13.6 Å². The van der Waals surface area contributed by atoms with E-state index in [9.17, 15) is 13.6 Å². The number of pyridine rings is 2. The standard InChI is InChI=1S/C24H24F2N4O/c25-18-8-6-17(7-9-18)3-1-5-24(31)30-14-2-4-22(30)21-12-11-20(16-27-21)29-23-13-10-19(26)15-28-23/h6-13,15-16,22H,1-5,14H2,(H,28,29)/t22-/m1/s1. The van der Waals surface area contributed by atoms with Crippen LogP contribution in [0.3, 0.4) is 0 Å². The number of aromatic nitrogens is 2. The van der Waals surface area contributed by atoms with Crippen molar-refractivity contribution in [1.29, 1.82) is 0 Å². The molecule has 0 spiro atoms. The van der Waals surface area contributed by atoms with E-state index in [4.69, 9.17) is 0 Å². The fourth-order valence-electron chi connectivity index (χ4n) is 3.89. The predicted octanol–water partition coefficient (Wildman–Crippen LogP) is 5.18. The third-order valence-electron chi connectivity index (χ3n) is 5.47. The number of benzene rings is 1. The number of rotatable bonds is 7. The number of amides is 1. The first-order valence-electron chi connectivity index (χ1n) is 10.5. The van der Waals surface area contributed by atoms with Crippen molar-refractivity contribution in [3.63, 3.8) is 0 Å². The van der Waals surface area contributed by atoms with E-state index in [0.29, 0.717) is 12.2 Å². The molecule has 1 aromatic carbocycles. The smallest absolute Gasteiger partial charge is 0.223 e. The molecule has 1 fully saturated rings. The molecule has 1 amide bonds. The molecular formula is C24H24F2N4O. The molecule has 3 aromatic rings. The summed E-state index contributed by atoms with van der Waals surface area (Å²) >= 11 is 0. The Labute approximate surface area is 180 Å². The lowest BCUT2D eigenvalue weighted by molar-refractivity contribution is -0.132. The van der Waals surface area contributed by atoms with E-state index < -0.39 is 0 Å². The summed E-state index contributed by atoms with van der Waals surface area (Å²) in [6, 6.07) is 13.1. The zero-order chi connectivity index (χ0) is 21.6. The summed E-state index contributed by atoms with van der Waals surface area (Å²) in [6.45, 7) is 0.737. The van der Waals surface area contributed by atoms with Crippen LogP contribution in [0, 0.1) is 11.6 Å². The van der Waals surface area contributed by atoms with Gasteiger partial charge in [-0.15, -0.1) is 0 Å². The van der Waals surface area contributed by atoms with Gasteiger partial charge in [-0.3, -0.25) is 9.78 Å². The van der Waals surface area contributed by atoms with Crippen molar-refractivity contribution in [3.05, 3.63) is 83.8 Å². The predicted molar refractivity (Wildman–Crippen MR) is 115 cm³/mol. The summed E-state index contributed by atoms with van der Waals surface area (Å²) in [7, 11) is 0. The Bertz CT molecular complexity index is 1010. The number of likely N-dealkylation sites (tertiary alicyclic amines) is 1. The van der Waals surface area contributed by atoms with Crippen LogP contribution in [0.15, 0.2) is 60.9 Å². The van der Waals surface area contributed by atoms with E-state index in [-0.39, 0.29) is 23.6 Å². The first-order chi connectivity index (χ1) is 15.1. The summed E-state index contributed by atoms with van der Waals surface area (Å²) in [5, 5.41) is 3.09. The van der Waals surface area contributed by atoms with Gasteiger partial charge in [0.15, 0.2) is 0 Å². The van der Waals surface area contributed by atoms with Crippen LogP contribution in [0.4, 0.5) is 20.3 Å². The number of aryl methyl sites for hydroxylation is 1. The molecule has 0 bridgehead atoms. The summed E-state index contributed by atoms with van der Waals surface area (Å²) in [6.07, 6.45) is 6.65. The van der Waals surface area contributed by atoms with Gasteiger partial charge in [-0.2, -0.15) is 0 Å². The van der Waals surface area contributed by atoms with Crippen molar-refractivity contribution in [1.82, 2.24) is 14.9 Å². The number of nitrogens with one attached hydrogen (secondary N) is 1. The normalized spacial score (nSPS) is 15.8. The largest absolute Gasteiger partial charge is 0.339 e. The summed E-state index contributed by atoms with van der Waals surface area (Å²) < 4.78 is 26.0. The number of halogens is 2. The van der Waals surface area contributed by atoms with Gasteiger partial charge in [0.1, 0.15) is 17.5 Å². The summed E-state index contributed by atoms with van der Waals surface area (Å²) in [5.41, 5.74) is 2.65. The Kier molecular flexibility index (Phi) is 6.50. The minimum atomic E-state index is -0.386. The average molecular weight is 422 g/mol. The van der Waals surface area contributed by atoms with Crippen LogP contribution in [0.5, 0.6) is 0 Å². The molecule has 1 saturated heterocycles. The van der Waals surface area contributed by atoms with Gasteiger partial charge in [-0.25, -0.2) is 13.8 Å². The van der Waals surface area contributed by atoms with Crippen molar-refractivity contribution in [3.8, 4) is 0 Å². The number of carbonyl (C=O) groups is 1. The highest BCUT2D eigenvalue weighted by Gasteiger charge is 2.30.